The first-order chi connectivity index (χ1) is 12.3. The van der Waals surface area contributed by atoms with E-state index in [1.54, 1.807) is 18.2 Å². The molecular weight excluding hydrogens is 326 g/mol. The summed E-state index contributed by atoms with van der Waals surface area (Å²) < 4.78 is 0. The molecule has 26 heavy (non-hydrogen) atoms. The monoisotopic (exact) mass is 351 g/mol. The highest BCUT2D eigenvalue weighted by molar-refractivity contribution is 6.03. The number of hydrogen-bond donors (Lipinski definition) is 1. The minimum absolute atomic E-state index is 0.0396. The van der Waals surface area contributed by atoms with Gasteiger partial charge in [0.05, 0.1) is 11.3 Å². The molecule has 2 aromatic carbocycles. The molecule has 0 aromatic heterocycles. The molecule has 2 aromatic rings. The predicted molar refractivity (Wildman–Crippen MR) is 103 cm³/mol. The number of nitrogens with zero attached hydrogens (tertiary/aromatic N) is 1. The van der Waals surface area contributed by atoms with Gasteiger partial charge in [-0.1, -0.05) is 38.1 Å². The summed E-state index contributed by atoms with van der Waals surface area (Å²) in [6, 6.07) is 11.2. The fourth-order valence-corrected chi connectivity index (χ4v) is 3.15. The zero-order valence-electron chi connectivity index (χ0n) is 15.8. The van der Waals surface area contributed by atoms with Gasteiger partial charge >= 0.3 is 5.97 Å². The molecule has 4 heteroatoms. The Hall–Kier alpha value is -2.62. The number of rotatable bonds is 2. The van der Waals surface area contributed by atoms with E-state index in [1.807, 2.05) is 25.1 Å². The van der Waals surface area contributed by atoms with Gasteiger partial charge in [-0.2, -0.15) is 0 Å². The minimum Gasteiger partial charge on any atom is -0.508 e. The lowest BCUT2D eigenvalue weighted by Gasteiger charge is -2.19. The van der Waals surface area contributed by atoms with Crippen molar-refractivity contribution in [1.29, 1.82) is 0 Å². The number of phenolic OH excluding ortho intramolecular Hbond substituents is 1. The number of carbonyl (C=O) groups excluding carboxylic acids is 1. The van der Waals surface area contributed by atoms with Crippen LogP contribution in [0.4, 0.5) is 0 Å². The molecule has 0 saturated heterocycles. The molecule has 0 saturated carbocycles. The van der Waals surface area contributed by atoms with E-state index in [2.05, 4.69) is 25.9 Å². The second kappa shape index (κ2) is 6.94. The third-order valence-corrected chi connectivity index (χ3v) is 4.82. The zero-order valence-corrected chi connectivity index (χ0v) is 15.8. The van der Waals surface area contributed by atoms with Gasteiger partial charge in [0.1, 0.15) is 5.75 Å². The molecule has 0 unspecified atom stereocenters. The lowest BCUT2D eigenvalue weighted by atomic mass is 9.87. The van der Waals surface area contributed by atoms with Crippen molar-refractivity contribution >= 4 is 11.7 Å². The lowest BCUT2D eigenvalue weighted by Crippen LogP contribution is -2.14. The third kappa shape index (κ3) is 3.79. The van der Waals surface area contributed by atoms with Gasteiger partial charge < -0.3 is 9.94 Å². The average molecular weight is 351 g/mol. The Morgan fingerprint density at radius 2 is 1.81 bits per heavy atom. The molecule has 0 atom stereocenters. The number of fused-ring (bicyclic) bond motifs is 1. The van der Waals surface area contributed by atoms with Gasteiger partial charge in [-0.25, -0.2) is 4.79 Å². The van der Waals surface area contributed by atoms with Crippen molar-refractivity contribution in [3.05, 3.63) is 64.2 Å². The number of oxime groups is 1. The first-order valence-electron chi connectivity index (χ1n) is 8.97. The van der Waals surface area contributed by atoms with E-state index in [0.29, 0.717) is 11.3 Å². The molecule has 4 nitrogen and oxygen atoms in total. The fraction of sp³-hybridized carbons (Fsp3) is 0.364. The van der Waals surface area contributed by atoms with Crippen LogP contribution in [0.2, 0.25) is 0 Å². The van der Waals surface area contributed by atoms with Gasteiger partial charge in [0.15, 0.2) is 0 Å². The van der Waals surface area contributed by atoms with Crippen molar-refractivity contribution in [3.63, 3.8) is 0 Å². The molecule has 0 fully saturated rings. The topological polar surface area (TPSA) is 58.9 Å². The van der Waals surface area contributed by atoms with Crippen LogP contribution in [0.5, 0.6) is 5.75 Å². The van der Waals surface area contributed by atoms with Crippen molar-refractivity contribution < 1.29 is 14.7 Å². The molecule has 3 rings (SSSR count). The zero-order chi connectivity index (χ0) is 18.9. The van der Waals surface area contributed by atoms with Crippen LogP contribution >= 0.6 is 0 Å². The maximum atomic E-state index is 12.3. The first-order valence-corrected chi connectivity index (χ1v) is 8.97. The van der Waals surface area contributed by atoms with Gasteiger partial charge in [0, 0.05) is 5.56 Å². The van der Waals surface area contributed by atoms with Crippen LogP contribution in [0.25, 0.3) is 0 Å². The third-order valence-electron chi connectivity index (χ3n) is 4.82. The largest absolute Gasteiger partial charge is 0.508 e. The summed E-state index contributed by atoms with van der Waals surface area (Å²) in [6.45, 7) is 8.25. The lowest BCUT2D eigenvalue weighted by molar-refractivity contribution is 0.0515. The normalized spacial score (nSPS) is 15.6. The van der Waals surface area contributed by atoms with Crippen molar-refractivity contribution in [2.45, 2.75) is 52.4 Å². The molecule has 136 valence electrons. The quantitative estimate of drug-likeness (QED) is 0.619. The van der Waals surface area contributed by atoms with Crippen LogP contribution in [-0.4, -0.2) is 16.8 Å². The van der Waals surface area contributed by atoms with E-state index < -0.39 is 5.97 Å². The summed E-state index contributed by atoms with van der Waals surface area (Å²) in [7, 11) is 0. The fourth-order valence-electron chi connectivity index (χ4n) is 3.15. The smallest absolute Gasteiger partial charge is 0.365 e. The standard InChI is InChI=1S/C22H25NO3/c1-14-12-18-16(13-20(14)24)6-5-7-19(18)23-26-21(25)15-8-10-17(11-9-15)22(2,3)4/h8-13,24H,5-7H2,1-4H3/b23-19-. The number of aryl methyl sites for hydroxylation is 2. The highest BCUT2D eigenvalue weighted by atomic mass is 16.7. The van der Waals surface area contributed by atoms with Crippen LogP contribution in [0.15, 0.2) is 41.6 Å². The average Bonchev–Trinajstić information content (AvgIpc) is 2.60. The Labute approximate surface area is 154 Å². The Balaban J connectivity index is 1.78. The predicted octanol–water partition coefficient (Wildman–Crippen LogP) is 4.90. The van der Waals surface area contributed by atoms with Crippen LogP contribution in [0.1, 0.15) is 66.2 Å². The molecule has 1 aliphatic rings. The molecular formula is C22H25NO3. The minimum atomic E-state index is -0.458. The Morgan fingerprint density at radius 1 is 1.12 bits per heavy atom. The molecule has 0 bridgehead atoms. The highest BCUT2D eigenvalue weighted by Gasteiger charge is 2.19. The first kappa shape index (κ1) is 18.2. The number of aromatic hydroxyl groups is 1. The molecule has 0 aliphatic heterocycles. The summed E-state index contributed by atoms with van der Waals surface area (Å²) >= 11 is 0. The second-order valence-electron chi connectivity index (χ2n) is 7.89. The van der Waals surface area contributed by atoms with E-state index in [1.165, 1.54) is 0 Å². The maximum absolute atomic E-state index is 12.3. The Kier molecular flexibility index (Phi) is 4.86. The molecule has 0 amide bonds. The summed E-state index contributed by atoms with van der Waals surface area (Å²) in [5, 5.41) is 14.0. The molecule has 0 heterocycles. The van der Waals surface area contributed by atoms with Crippen LogP contribution in [0.3, 0.4) is 0 Å². The van der Waals surface area contributed by atoms with Crippen molar-refractivity contribution in [3.8, 4) is 5.75 Å². The Morgan fingerprint density at radius 3 is 2.46 bits per heavy atom. The number of carbonyl (C=O) groups is 1. The summed E-state index contributed by atoms with van der Waals surface area (Å²) in [5.74, 6) is -0.165. The molecule has 0 radical (unpaired) electrons. The molecule has 1 aliphatic carbocycles. The van der Waals surface area contributed by atoms with Gasteiger partial charge in [-0.15, -0.1) is 0 Å². The van der Waals surface area contributed by atoms with Crippen LogP contribution in [0, 0.1) is 6.92 Å². The van der Waals surface area contributed by atoms with Crippen LogP contribution < -0.4 is 0 Å². The maximum Gasteiger partial charge on any atom is 0.365 e. The van der Waals surface area contributed by atoms with Crippen molar-refractivity contribution in [2.75, 3.05) is 0 Å². The molecule has 1 N–H and O–H groups in total. The van der Waals surface area contributed by atoms with E-state index >= 15 is 0 Å². The van der Waals surface area contributed by atoms with E-state index in [4.69, 9.17) is 4.84 Å². The van der Waals surface area contributed by atoms with Gasteiger partial charge in [0.2, 0.25) is 0 Å². The van der Waals surface area contributed by atoms with Gasteiger partial charge in [-0.05, 0) is 72.6 Å². The summed E-state index contributed by atoms with van der Waals surface area (Å²) in [4.78, 5) is 17.5. The number of benzene rings is 2. The van der Waals surface area contributed by atoms with Crippen LogP contribution in [-0.2, 0) is 16.7 Å². The summed E-state index contributed by atoms with van der Waals surface area (Å²) in [5.41, 5.74) is 5.25. The van der Waals surface area contributed by atoms with Crippen molar-refractivity contribution in [2.24, 2.45) is 5.16 Å². The van der Waals surface area contributed by atoms with Crippen molar-refractivity contribution in [1.82, 2.24) is 0 Å². The van der Waals surface area contributed by atoms with Gasteiger partial charge in [0.25, 0.3) is 0 Å². The van der Waals surface area contributed by atoms with E-state index in [9.17, 15) is 9.90 Å². The number of phenols is 1. The number of hydrogen-bond acceptors (Lipinski definition) is 4. The second-order valence-corrected chi connectivity index (χ2v) is 7.89. The van der Waals surface area contributed by atoms with Gasteiger partial charge in [-0.3, -0.25) is 0 Å². The van der Waals surface area contributed by atoms with E-state index in [-0.39, 0.29) is 5.41 Å². The Bertz CT molecular complexity index is 858. The molecule has 0 spiro atoms. The summed E-state index contributed by atoms with van der Waals surface area (Å²) in [6.07, 6.45) is 2.57. The SMILES string of the molecule is Cc1cc2c(cc1O)CCC/C2=N/OC(=O)c1ccc(C(C)(C)C)cc1. The van der Waals surface area contributed by atoms with E-state index in [0.717, 1.165) is 47.2 Å². The highest BCUT2D eigenvalue weighted by Crippen LogP contribution is 2.28.